The van der Waals surface area contributed by atoms with Crippen molar-refractivity contribution in [3.05, 3.63) is 28.7 Å². The second-order valence-electron chi connectivity index (χ2n) is 7.68. The van der Waals surface area contributed by atoms with Crippen molar-refractivity contribution in [2.45, 2.75) is 25.7 Å². The van der Waals surface area contributed by atoms with Gasteiger partial charge in [0, 0.05) is 37.0 Å². The van der Waals surface area contributed by atoms with E-state index in [0.29, 0.717) is 35.6 Å². The van der Waals surface area contributed by atoms with Crippen molar-refractivity contribution in [2.75, 3.05) is 52.1 Å². The maximum Gasteiger partial charge on any atom is 0.270 e. The fourth-order valence-electron chi connectivity index (χ4n) is 3.43. The van der Waals surface area contributed by atoms with Crippen molar-refractivity contribution in [1.29, 1.82) is 5.26 Å². The molecule has 2 N–H and O–H groups in total. The fourth-order valence-corrected chi connectivity index (χ4v) is 4.13. The summed E-state index contributed by atoms with van der Waals surface area (Å²) in [6.45, 7) is 5.46. The standard InChI is InChI=1S/C20H28N8OS/c1-14-23-16(15-5-4-8-28(12-15)9-6-21)11-18(24-14)26-20-25-17(13-30-20)19(29)22-7-10-27(2)3/h11,13,15H,4-5,7-10,12H2,1-3H3,(H,22,29)(H,23,24,25,26). The zero-order valence-corrected chi connectivity index (χ0v) is 18.5. The van der Waals surface area contributed by atoms with Gasteiger partial charge in [-0.15, -0.1) is 11.3 Å². The minimum Gasteiger partial charge on any atom is -0.349 e. The van der Waals surface area contributed by atoms with Crippen LogP contribution in [0.15, 0.2) is 11.4 Å². The van der Waals surface area contributed by atoms with Gasteiger partial charge in [-0.3, -0.25) is 9.69 Å². The van der Waals surface area contributed by atoms with Crippen LogP contribution in [0.5, 0.6) is 0 Å². The van der Waals surface area contributed by atoms with E-state index in [-0.39, 0.29) is 11.8 Å². The van der Waals surface area contributed by atoms with E-state index in [1.54, 1.807) is 5.38 Å². The van der Waals surface area contributed by atoms with E-state index in [0.717, 1.165) is 38.2 Å². The Morgan fingerprint density at radius 1 is 1.40 bits per heavy atom. The Balaban J connectivity index is 1.65. The van der Waals surface area contributed by atoms with Crippen molar-refractivity contribution >= 4 is 28.2 Å². The summed E-state index contributed by atoms with van der Waals surface area (Å²) in [5.74, 6) is 1.46. The van der Waals surface area contributed by atoms with Crippen LogP contribution in [0.2, 0.25) is 0 Å². The van der Waals surface area contributed by atoms with Gasteiger partial charge in [-0.25, -0.2) is 15.0 Å². The summed E-state index contributed by atoms with van der Waals surface area (Å²) in [7, 11) is 3.92. The predicted molar refractivity (Wildman–Crippen MR) is 117 cm³/mol. The molecule has 0 spiro atoms. The number of nitrogens with one attached hydrogen (secondary N) is 2. The van der Waals surface area contributed by atoms with Gasteiger partial charge in [-0.2, -0.15) is 5.26 Å². The predicted octanol–water partition coefficient (Wildman–Crippen LogP) is 1.98. The van der Waals surface area contributed by atoms with E-state index in [1.807, 2.05) is 32.0 Å². The molecule has 10 heteroatoms. The van der Waals surface area contributed by atoms with Gasteiger partial charge in [-0.1, -0.05) is 0 Å². The highest BCUT2D eigenvalue weighted by atomic mass is 32.1. The second kappa shape index (κ2) is 10.4. The van der Waals surface area contributed by atoms with E-state index in [9.17, 15) is 4.79 Å². The molecule has 0 saturated carbocycles. The van der Waals surface area contributed by atoms with Crippen LogP contribution in [0.4, 0.5) is 10.9 Å². The summed E-state index contributed by atoms with van der Waals surface area (Å²) in [6, 6.07) is 4.18. The van der Waals surface area contributed by atoms with Crippen LogP contribution in [0.25, 0.3) is 0 Å². The molecular weight excluding hydrogens is 400 g/mol. The number of anilines is 2. The Morgan fingerprint density at radius 3 is 3.00 bits per heavy atom. The molecule has 2 aromatic rings. The molecule has 1 atom stereocenters. The third-order valence-corrected chi connectivity index (χ3v) is 5.65. The largest absolute Gasteiger partial charge is 0.349 e. The minimum atomic E-state index is -0.180. The molecule has 0 radical (unpaired) electrons. The Bertz CT molecular complexity index is 906. The van der Waals surface area contributed by atoms with Crippen LogP contribution in [0.3, 0.4) is 0 Å². The lowest BCUT2D eigenvalue weighted by molar-refractivity contribution is 0.0947. The maximum atomic E-state index is 12.2. The molecule has 0 bridgehead atoms. The highest BCUT2D eigenvalue weighted by Gasteiger charge is 2.23. The van der Waals surface area contributed by atoms with E-state index in [1.165, 1.54) is 11.3 Å². The summed E-state index contributed by atoms with van der Waals surface area (Å²) < 4.78 is 0. The van der Waals surface area contributed by atoms with Gasteiger partial charge in [0.2, 0.25) is 0 Å². The minimum absolute atomic E-state index is 0.180. The van der Waals surface area contributed by atoms with Crippen LogP contribution < -0.4 is 10.6 Å². The SMILES string of the molecule is Cc1nc(Nc2nc(C(=O)NCCN(C)C)cs2)cc(C2CCCN(CC#N)C2)n1. The average Bonchev–Trinajstić information content (AvgIpc) is 3.16. The van der Waals surface area contributed by atoms with Crippen LogP contribution in [-0.2, 0) is 0 Å². The Kier molecular flexibility index (Phi) is 7.68. The molecule has 1 saturated heterocycles. The summed E-state index contributed by atoms with van der Waals surface area (Å²) >= 11 is 1.37. The third kappa shape index (κ3) is 6.19. The number of carbonyl (C=O) groups excluding carboxylic acids is 1. The Labute approximate surface area is 181 Å². The summed E-state index contributed by atoms with van der Waals surface area (Å²) in [5, 5.41) is 17.4. The van der Waals surface area contributed by atoms with E-state index < -0.39 is 0 Å². The summed E-state index contributed by atoms with van der Waals surface area (Å²) in [5.41, 5.74) is 1.37. The van der Waals surface area contributed by atoms with E-state index in [4.69, 9.17) is 5.26 Å². The van der Waals surface area contributed by atoms with Gasteiger partial charge < -0.3 is 15.5 Å². The molecule has 1 amide bonds. The summed E-state index contributed by atoms with van der Waals surface area (Å²) in [4.78, 5) is 29.9. The molecule has 2 aromatic heterocycles. The number of hydrogen-bond acceptors (Lipinski definition) is 9. The van der Waals surface area contributed by atoms with Crippen molar-refractivity contribution in [3.8, 4) is 6.07 Å². The smallest absolute Gasteiger partial charge is 0.270 e. The molecule has 3 heterocycles. The number of aryl methyl sites for hydroxylation is 1. The number of piperidine rings is 1. The first-order valence-electron chi connectivity index (χ1n) is 10.0. The molecular formula is C20H28N8OS. The molecule has 30 heavy (non-hydrogen) atoms. The highest BCUT2D eigenvalue weighted by molar-refractivity contribution is 7.14. The van der Waals surface area contributed by atoms with Gasteiger partial charge in [0.1, 0.15) is 17.3 Å². The van der Waals surface area contributed by atoms with Crippen molar-refractivity contribution in [3.63, 3.8) is 0 Å². The quantitative estimate of drug-likeness (QED) is 0.614. The first-order chi connectivity index (χ1) is 14.4. The zero-order chi connectivity index (χ0) is 21.5. The fraction of sp³-hybridized carbons (Fsp3) is 0.550. The van der Waals surface area contributed by atoms with Crippen LogP contribution in [0.1, 0.15) is 40.8 Å². The molecule has 1 unspecified atom stereocenters. The number of hydrogen-bond donors (Lipinski definition) is 2. The van der Waals surface area contributed by atoms with Gasteiger partial charge in [-0.05, 0) is 40.4 Å². The number of carbonyl (C=O) groups is 1. The molecule has 0 aromatic carbocycles. The maximum absolute atomic E-state index is 12.2. The second-order valence-corrected chi connectivity index (χ2v) is 8.54. The molecule has 3 rings (SSSR count). The summed E-state index contributed by atoms with van der Waals surface area (Å²) in [6.07, 6.45) is 2.10. The van der Waals surface area contributed by atoms with Crippen molar-refractivity contribution in [1.82, 2.24) is 30.1 Å². The van der Waals surface area contributed by atoms with E-state index >= 15 is 0 Å². The number of likely N-dealkylation sites (tertiary alicyclic amines) is 1. The number of aromatic nitrogens is 3. The monoisotopic (exact) mass is 428 g/mol. The molecule has 9 nitrogen and oxygen atoms in total. The topological polar surface area (TPSA) is 110 Å². The average molecular weight is 429 g/mol. The Hall–Kier alpha value is -2.61. The van der Waals surface area contributed by atoms with Gasteiger partial charge in [0.05, 0.1) is 18.3 Å². The molecule has 1 aliphatic rings. The number of nitriles is 1. The van der Waals surface area contributed by atoms with E-state index in [2.05, 4.69) is 36.6 Å². The molecule has 1 fully saturated rings. The first kappa shape index (κ1) is 22.1. The number of nitrogens with zero attached hydrogens (tertiary/aromatic N) is 6. The van der Waals surface area contributed by atoms with Gasteiger partial charge >= 0.3 is 0 Å². The zero-order valence-electron chi connectivity index (χ0n) is 17.7. The number of amides is 1. The van der Waals surface area contributed by atoms with Crippen LogP contribution >= 0.6 is 11.3 Å². The first-order valence-corrected chi connectivity index (χ1v) is 10.9. The third-order valence-electron chi connectivity index (χ3n) is 4.89. The normalized spacial score (nSPS) is 17.0. The molecule has 160 valence electrons. The van der Waals surface area contributed by atoms with Crippen molar-refractivity contribution in [2.24, 2.45) is 0 Å². The lowest BCUT2D eigenvalue weighted by Crippen LogP contribution is -2.35. The van der Waals surface area contributed by atoms with Crippen LogP contribution in [-0.4, -0.2) is 77.5 Å². The number of likely N-dealkylation sites (N-methyl/N-ethyl adjacent to an activating group) is 1. The number of thiazole rings is 1. The molecule has 1 aliphatic heterocycles. The lowest BCUT2D eigenvalue weighted by Gasteiger charge is -2.30. The van der Waals surface area contributed by atoms with Gasteiger partial charge in [0.15, 0.2) is 5.13 Å². The lowest BCUT2D eigenvalue weighted by atomic mass is 9.94. The Morgan fingerprint density at radius 2 is 2.23 bits per heavy atom. The van der Waals surface area contributed by atoms with Crippen molar-refractivity contribution < 1.29 is 4.79 Å². The highest BCUT2D eigenvalue weighted by Crippen LogP contribution is 2.28. The molecule has 0 aliphatic carbocycles. The van der Waals surface area contributed by atoms with Gasteiger partial charge in [0.25, 0.3) is 5.91 Å². The van der Waals surface area contributed by atoms with Crippen LogP contribution in [0, 0.1) is 18.3 Å². The number of rotatable bonds is 8.